The summed E-state index contributed by atoms with van der Waals surface area (Å²) in [6, 6.07) is 10.0. The number of rotatable bonds is 9. The Labute approximate surface area is 205 Å². The molecule has 3 rings (SSSR count). The first-order valence-corrected chi connectivity index (χ1v) is 11.4. The number of amides is 1. The first-order chi connectivity index (χ1) is 14.7. The average Bonchev–Trinajstić information content (AvgIpc) is 3.29. The number of ether oxygens (including phenoxy) is 1. The van der Waals surface area contributed by atoms with E-state index in [1.165, 1.54) is 5.56 Å². The quantitative estimate of drug-likeness (QED) is 0.251. The van der Waals surface area contributed by atoms with E-state index >= 15 is 0 Å². The highest BCUT2D eigenvalue weighted by atomic mass is 127. The summed E-state index contributed by atoms with van der Waals surface area (Å²) < 4.78 is 5.34. The minimum atomic E-state index is 0. The van der Waals surface area contributed by atoms with Crippen LogP contribution in [-0.4, -0.2) is 56.2 Å². The third-order valence-electron chi connectivity index (χ3n) is 4.77. The first kappa shape index (κ1) is 25.6. The fourth-order valence-electron chi connectivity index (χ4n) is 3.15. The zero-order chi connectivity index (χ0) is 21.0. The number of thiophene rings is 1. The lowest BCUT2D eigenvalue weighted by Gasteiger charge is -2.26. The number of nitrogens with one attached hydrogen (secondary N) is 3. The first-order valence-electron chi connectivity index (χ1n) is 10.4. The van der Waals surface area contributed by atoms with Crippen molar-refractivity contribution in [2.24, 2.45) is 4.99 Å². The fourth-order valence-corrected chi connectivity index (χ4v) is 3.81. The highest BCUT2D eigenvalue weighted by Crippen LogP contribution is 2.12. The van der Waals surface area contributed by atoms with Gasteiger partial charge in [-0.3, -0.25) is 9.69 Å². The molecule has 1 saturated heterocycles. The monoisotopic (exact) mass is 557 g/mol. The van der Waals surface area contributed by atoms with Crippen molar-refractivity contribution < 1.29 is 9.53 Å². The summed E-state index contributed by atoms with van der Waals surface area (Å²) in [5.74, 6) is 0.820. The molecule has 2 aromatic rings. The van der Waals surface area contributed by atoms with Crippen LogP contribution in [0.4, 0.5) is 5.69 Å². The van der Waals surface area contributed by atoms with Gasteiger partial charge in [-0.25, -0.2) is 4.99 Å². The third kappa shape index (κ3) is 9.55. The molecule has 0 radical (unpaired) electrons. The maximum absolute atomic E-state index is 12.3. The fraction of sp³-hybridized carbons (Fsp3) is 0.455. The van der Waals surface area contributed by atoms with Gasteiger partial charge in [0.25, 0.3) is 0 Å². The number of nitrogens with zero attached hydrogens (tertiary/aromatic N) is 2. The molecule has 1 fully saturated rings. The molecule has 2 heterocycles. The van der Waals surface area contributed by atoms with Crippen LogP contribution in [0.2, 0.25) is 0 Å². The van der Waals surface area contributed by atoms with Crippen molar-refractivity contribution in [3.8, 4) is 0 Å². The molecule has 1 aliphatic heterocycles. The number of guanidine groups is 1. The molecule has 0 aliphatic carbocycles. The molecule has 1 aromatic carbocycles. The van der Waals surface area contributed by atoms with Crippen LogP contribution < -0.4 is 16.0 Å². The molecule has 1 aromatic heterocycles. The van der Waals surface area contributed by atoms with Crippen LogP contribution in [0.1, 0.15) is 24.5 Å². The lowest BCUT2D eigenvalue weighted by Crippen LogP contribution is -2.38. The molecule has 0 saturated carbocycles. The van der Waals surface area contributed by atoms with Crippen LogP contribution in [0.3, 0.4) is 0 Å². The second-order valence-electron chi connectivity index (χ2n) is 7.13. The van der Waals surface area contributed by atoms with E-state index in [9.17, 15) is 4.79 Å². The molecule has 1 aliphatic rings. The van der Waals surface area contributed by atoms with E-state index < -0.39 is 0 Å². The van der Waals surface area contributed by atoms with Crippen molar-refractivity contribution in [1.82, 2.24) is 15.5 Å². The van der Waals surface area contributed by atoms with Gasteiger partial charge in [-0.15, -0.1) is 24.0 Å². The van der Waals surface area contributed by atoms with Crippen LogP contribution in [0.25, 0.3) is 0 Å². The van der Waals surface area contributed by atoms with Crippen LogP contribution in [0.5, 0.6) is 0 Å². The van der Waals surface area contributed by atoms with E-state index in [4.69, 9.17) is 4.74 Å². The Morgan fingerprint density at radius 3 is 2.77 bits per heavy atom. The molecular weight excluding hydrogens is 525 g/mol. The number of anilines is 1. The summed E-state index contributed by atoms with van der Waals surface area (Å²) in [4.78, 5) is 19.2. The smallest absolute Gasteiger partial charge is 0.225 e. The normalized spacial score (nSPS) is 14.5. The lowest BCUT2D eigenvalue weighted by molar-refractivity contribution is -0.116. The summed E-state index contributed by atoms with van der Waals surface area (Å²) in [5.41, 5.74) is 3.11. The Bertz CT molecular complexity index is 810. The topological polar surface area (TPSA) is 78.0 Å². The van der Waals surface area contributed by atoms with E-state index in [0.717, 1.165) is 56.6 Å². The number of morpholine rings is 1. The highest BCUT2D eigenvalue weighted by Gasteiger charge is 2.12. The minimum Gasteiger partial charge on any atom is -0.379 e. The number of benzene rings is 1. The molecule has 9 heteroatoms. The summed E-state index contributed by atoms with van der Waals surface area (Å²) in [5, 5.41) is 13.8. The summed E-state index contributed by atoms with van der Waals surface area (Å²) in [6.45, 7) is 8.20. The second kappa shape index (κ2) is 14.4. The van der Waals surface area contributed by atoms with Gasteiger partial charge in [0.05, 0.1) is 19.8 Å². The van der Waals surface area contributed by atoms with Crippen molar-refractivity contribution >= 4 is 52.9 Å². The molecule has 0 bridgehead atoms. The predicted molar refractivity (Wildman–Crippen MR) is 138 cm³/mol. The predicted octanol–water partition coefficient (Wildman–Crippen LogP) is 3.28. The van der Waals surface area contributed by atoms with Gasteiger partial charge < -0.3 is 20.7 Å². The van der Waals surface area contributed by atoms with E-state index in [2.05, 4.69) is 49.6 Å². The zero-order valence-corrected chi connectivity index (χ0v) is 21.1. The maximum Gasteiger partial charge on any atom is 0.225 e. The molecule has 0 unspecified atom stereocenters. The van der Waals surface area contributed by atoms with Crippen molar-refractivity contribution in [1.29, 1.82) is 0 Å². The van der Waals surface area contributed by atoms with E-state index in [0.29, 0.717) is 19.5 Å². The molecule has 3 N–H and O–H groups in total. The standard InChI is InChI=1S/C22H31N5O2S.HI/c1-2-23-22(25-16-19-7-13-30-17-19)24-15-18-4-3-5-20(14-18)26-21(28)6-8-27-9-11-29-12-10-27;/h3-5,7,13-14,17H,2,6,8-12,15-16H2,1H3,(H,26,28)(H2,23,24,25);1H. The summed E-state index contributed by atoms with van der Waals surface area (Å²) in [6.07, 6.45) is 0.488. The molecule has 0 atom stereocenters. The number of carbonyl (C=O) groups is 1. The maximum atomic E-state index is 12.3. The van der Waals surface area contributed by atoms with Gasteiger partial charge in [0, 0.05) is 44.8 Å². The van der Waals surface area contributed by atoms with Crippen LogP contribution >= 0.6 is 35.3 Å². The highest BCUT2D eigenvalue weighted by molar-refractivity contribution is 14.0. The van der Waals surface area contributed by atoms with Gasteiger partial charge in [0.15, 0.2) is 5.96 Å². The number of aliphatic imine (C=N–C) groups is 1. The molecule has 170 valence electrons. The average molecular weight is 558 g/mol. The molecule has 1 amide bonds. The largest absolute Gasteiger partial charge is 0.379 e. The number of carbonyl (C=O) groups excluding carboxylic acids is 1. The summed E-state index contributed by atoms with van der Waals surface area (Å²) >= 11 is 1.68. The zero-order valence-electron chi connectivity index (χ0n) is 17.9. The molecule has 0 spiro atoms. The van der Waals surface area contributed by atoms with E-state index in [-0.39, 0.29) is 29.9 Å². The van der Waals surface area contributed by atoms with Gasteiger partial charge in [-0.2, -0.15) is 11.3 Å². The van der Waals surface area contributed by atoms with Gasteiger partial charge >= 0.3 is 0 Å². The number of halogens is 1. The Morgan fingerprint density at radius 2 is 2.03 bits per heavy atom. The Hall–Kier alpha value is -1.69. The number of hydrogen-bond acceptors (Lipinski definition) is 5. The Kier molecular flexibility index (Phi) is 11.9. The van der Waals surface area contributed by atoms with E-state index in [1.807, 2.05) is 24.3 Å². The van der Waals surface area contributed by atoms with Gasteiger partial charge in [0.1, 0.15) is 0 Å². The Morgan fingerprint density at radius 1 is 1.19 bits per heavy atom. The van der Waals surface area contributed by atoms with Crippen LogP contribution in [-0.2, 0) is 22.6 Å². The van der Waals surface area contributed by atoms with Crippen molar-refractivity contribution in [3.63, 3.8) is 0 Å². The van der Waals surface area contributed by atoms with Crippen molar-refractivity contribution in [3.05, 3.63) is 52.2 Å². The molecule has 7 nitrogen and oxygen atoms in total. The lowest BCUT2D eigenvalue weighted by atomic mass is 10.2. The van der Waals surface area contributed by atoms with Crippen LogP contribution in [0.15, 0.2) is 46.1 Å². The van der Waals surface area contributed by atoms with Gasteiger partial charge in [-0.1, -0.05) is 12.1 Å². The second-order valence-corrected chi connectivity index (χ2v) is 7.91. The SMILES string of the molecule is CCNC(=NCc1ccsc1)NCc1cccc(NC(=O)CCN2CCOCC2)c1.I. The van der Waals surface area contributed by atoms with Gasteiger partial charge in [-0.05, 0) is 47.0 Å². The molecular formula is C22H32IN5O2S. The van der Waals surface area contributed by atoms with E-state index in [1.54, 1.807) is 11.3 Å². The van der Waals surface area contributed by atoms with Gasteiger partial charge in [0.2, 0.25) is 5.91 Å². The Balaban J connectivity index is 0.00000341. The van der Waals surface area contributed by atoms with Crippen molar-refractivity contribution in [2.45, 2.75) is 26.4 Å². The number of hydrogen-bond donors (Lipinski definition) is 3. The molecule has 31 heavy (non-hydrogen) atoms. The van der Waals surface area contributed by atoms with Crippen LogP contribution in [0, 0.1) is 0 Å². The van der Waals surface area contributed by atoms with Crippen molar-refractivity contribution in [2.75, 3.05) is 44.7 Å². The summed E-state index contributed by atoms with van der Waals surface area (Å²) in [7, 11) is 0. The third-order valence-corrected chi connectivity index (χ3v) is 5.51. The minimum absolute atomic E-state index is 0.